The van der Waals surface area contributed by atoms with Gasteiger partial charge in [-0.05, 0) is 37.4 Å². The van der Waals surface area contributed by atoms with Gasteiger partial charge in [-0.3, -0.25) is 0 Å². The van der Waals surface area contributed by atoms with E-state index in [1.807, 2.05) is 6.07 Å². The lowest BCUT2D eigenvalue weighted by molar-refractivity contribution is 0.313. The number of para-hydroxylation sites is 1. The van der Waals surface area contributed by atoms with Crippen molar-refractivity contribution in [1.29, 1.82) is 0 Å². The lowest BCUT2D eigenvalue weighted by atomic mass is 10.1. The van der Waals surface area contributed by atoms with Crippen LogP contribution in [-0.4, -0.2) is 18.5 Å². The van der Waals surface area contributed by atoms with Gasteiger partial charge in [0.2, 0.25) is 0 Å². The van der Waals surface area contributed by atoms with Crippen molar-refractivity contribution in [2.45, 2.75) is 19.4 Å². The largest absolute Gasteiger partial charge is 0.396 e. The molecule has 2 nitrogen and oxygen atoms in total. The number of hydrogen-bond donors (Lipinski definition) is 1. The van der Waals surface area contributed by atoms with E-state index < -0.39 is 0 Å². The van der Waals surface area contributed by atoms with Crippen molar-refractivity contribution < 1.29 is 4.39 Å². The number of benzene rings is 1. The van der Waals surface area contributed by atoms with Crippen molar-refractivity contribution in [2.75, 3.05) is 19.3 Å². The number of anilines is 1. The average Bonchev–Trinajstić information content (AvgIpc) is 2.97. The maximum atomic E-state index is 13.2. The Hall–Kier alpha value is -1.09. The van der Waals surface area contributed by atoms with Crippen molar-refractivity contribution in [2.24, 2.45) is 5.92 Å². The predicted molar refractivity (Wildman–Crippen MR) is 59.9 cm³/mol. The molecule has 0 aliphatic heterocycles. The Morgan fingerprint density at radius 3 is 2.87 bits per heavy atom. The highest BCUT2D eigenvalue weighted by Crippen LogP contribution is 2.30. The van der Waals surface area contributed by atoms with Crippen LogP contribution in [0.15, 0.2) is 18.2 Å². The van der Waals surface area contributed by atoms with Gasteiger partial charge in [-0.2, -0.15) is 0 Å². The summed E-state index contributed by atoms with van der Waals surface area (Å²) in [5.74, 6) is 0.539. The fourth-order valence-electron chi connectivity index (χ4n) is 1.82. The van der Waals surface area contributed by atoms with Gasteiger partial charge >= 0.3 is 0 Å². The molecule has 15 heavy (non-hydrogen) atoms. The van der Waals surface area contributed by atoms with Gasteiger partial charge < -0.3 is 10.6 Å². The number of hydrogen-bond acceptors (Lipinski definition) is 2. The second-order valence-electron chi connectivity index (χ2n) is 4.45. The first-order valence-corrected chi connectivity index (χ1v) is 5.38. The second-order valence-corrected chi connectivity index (χ2v) is 4.45. The molecule has 1 aliphatic carbocycles. The van der Waals surface area contributed by atoms with E-state index in [-0.39, 0.29) is 5.82 Å². The molecule has 0 saturated heterocycles. The minimum Gasteiger partial charge on any atom is -0.396 e. The Balaban J connectivity index is 1.99. The predicted octanol–water partition coefficient (Wildman–Crippen LogP) is 2.25. The Morgan fingerprint density at radius 1 is 1.47 bits per heavy atom. The summed E-state index contributed by atoms with van der Waals surface area (Å²) in [5, 5.41) is 0. The Kier molecular flexibility index (Phi) is 2.91. The van der Waals surface area contributed by atoms with Gasteiger partial charge in [-0.1, -0.05) is 12.1 Å². The lowest BCUT2D eigenvalue weighted by Gasteiger charge is -2.17. The van der Waals surface area contributed by atoms with Crippen molar-refractivity contribution in [3.05, 3.63) is 29.6 Å². The van der Waals surface area contributed by atoms with Gasteiger partial charge in [-0.15, -0.1) is 0 Å². The summed E-state index contributed by atoms with van der Waals surface area (Å²) in [6, 6.07) is 5.01. The number of nitrogens with two attached hydrogens (primary N) is 1. The topological polar surface area (TPSA) is 29.3 Å². The van der Waals surface area contributed by atoms with E-state index >= 15 is 0 Å². The van der Waals surface area contributed by atoms with Crippen LogP contribution >= 0.6 is 0 Å². The number of nitrogens with zero attached hydrogens (tertiary/aromatic N) is 1. The van der Waals surface area contributed by atoms with Crippen LogP contribution in [0.5, 0.6) is 0 Å². The molecule has 1 saturated carbocycles. The molecule has 0 unspecified atom stereocenters. The monoisotopic (exact) mass is 208 g/mol. The summed E-state index contributed by atoms with van der Waals surface area (Å²) in [6.45, 7) is 1.83. The van der Waals surface area contributed by atoms with E-state index in [0.29, 0.717) is 5.69 Å². The highest BCUT2D eigenvalue weighted by molar-refractivity contribution is 5.47. The molecule has 82 valence electrons. The van der Waals surface area contributed by atoms with E-state index in [2.05, 4.69) is 11.9 Å². The maximum absolute atomic E-state index is 13.2. The van der Waals surface area contributed by atoms with Crippen LogP contribution in [0.25, 0.3) is 0 Å². The van der Waals surface area contributed by atoms with Crippen LogP contribution in [-0.2, 0) is 6.54 Å². The van der Waals surface area contributed by atoms with Crippen LogP contribution in [0.2, 0.25) is 0 Å². The molecule has 1 aliphatic rings. The van der Waals surface area contributed by atoms with Gasteiger partial charge in [0, 0.05) is 13.1 Å². The van der Waals surface area contributed by atoms with Crippen LogP contribution in [0.4, 0.5) is 10.1 Å². The fraction of sp³-hybridized carbons (Fsp3) is 0.500. The van der Waals surface area contributed by atoms with Gasteiger partial charge in [0.1, 0.15) is 5.82 Å². The molecule has 0 amide bonds. The molecule has 1 aromatic rings. The minimum atomic E-state index is -0.313. The van der Waals surface area contributed by atoms with Crippen molar-refractivity contribution in [1.82, 2.24) is 4.90 Å². The van der Waals surface area contributed by atoms with E-state index in [1.165, 1.54) is 18.9 Å². The van der Waals surface area contributed by atoms with Crippen molar-refractivity contribution in [3.63, 3.8) is 0 Å². The zero-order valence-electron chi connectivity index (χ0n) is 9.04. The molecule has 0 atom stereocenters. The minimum absolute atomic E-state index is 0.292. The van der Waals surface area contributed by atoms with Crippen LogP contribution < -0.4 is 5.73 Å². The van der Waals surface area contributed by atoms with E-state index in [9.17, 15) is 4.39 Å². The highest BCUT2D eigenvalue weighted by atomic mass is 19.1. The number of rotatable bonds is 4. The van der Waals surface area contributed by atoms with E-state index in [0.717, 1.165) is 24.6 Å². The molecular weight excluding hydrogens is 191 g/mol. The Labute approximate surface area is 89.9 Å². The number of halogens is 1. The van der Waals surface area contributed by atoms with E-state index in [1.54, 1.807) is 6.07 Å². The van der Waals surface area contributed by atoms with E-state index in [4.69, 9.17) is 5.73 Å². The molecule has 0 aromatic heterocycles. The molecule has 0 radical (unpaired) electrons. The summed E-state index contributed by atoms with van der Waals surface area (Å²) in [6.07, 6.45) is 2.67. The third-order valence-electron chi connectivity index (χ3n) is 2.85. The molecule has 0 heterocycles. The zero-order chi connectivity index (χ0) is 10.8. The third-order valence-corrected chi connectivity index (χ3v) is 2.85. The summed E-state index contributed by atoms with van der Waals surface area (Å²) in [5.41, 5.74) is 6.85. The van der Waals surface area contributed by atoms with Crippen LogP contribution in [0.3, 0.4) is 0 Å². The van der Waals surface area contributed by atoms with Crippen molar-refractivity contribution >= 4 is 5.69 Å². The summed E-state index contributed by atoms with van der Waals surface area (Å²) >= 11 is 0. The van der Waals surface area contributed by atoms with Gasteiger partial charge in [0.05, 0.1) is 5.69 Å². The summed E-state index contributed by atoms with van der Waals surface area (Å²) in [7, 11) is 2.06. The molecular formula is C12H17FN2. The first-order chi connectivity index (χ1) is 7.16. The quantitative estimate of drug-likeness (QED) is 0.769. The summed E-state index contributed by atoms with van der Waals surface area (Å²) in [4.78, 5) is 2.21. The first-order valence-electron chi connectivity index (χ1n) is 5.38. The molecule has 2 N–H and O–H groups in total. The van der Waals surface area contributed by atoms with Gasteiger partial charge in [0.25, 0.3) is 0 Å². The standard InChI is InChI=1S/C12H17FN2/c1-15(7-9-5-6-9)8-10-3-2-4-11(13)12(10)14/h2-4,9H,5-8,14H2,1H3. The van der Waals surface area contributed by atoms with Crippen LogP contribution in [0.1, 0.15) is 18.4 Å². The molecule has 2 rings (SSSR count). The molecule has 0 bridgehead atoms. The second kappa shape index (κ2) is 4.19. The molecule has 0 spiro atoms. The van der Waals surface area contributed by atoms with Crippen molar-refractivity contribution in [3.8, 4) is 0 Å². The third kappa shape index (κ3) is 2.69. The lowest BCUT2D eigenvalue weighted by Crippen LogP contribution is -2.21. The summed E-state index contributed by atoms with van der Waals surface area (Å²) < 4.78 is 13.2. The first kappa shape index (κ1) is 10.4. The normalized spacial score (nSPS) is 15.9. The Morgan fingerprint density at radius 2 is 2.20 bits per heavy atom. The highest BCUT2D eigenvalue weighted by Gasteiger charge is 2.22. The number of nitrogen functional groups attached to an aromatic ring is 1. The molecule has 1 fully saturated rings. The van der Waals surface area contributed by atoms with Gasteiger partial charge in [-0.25, -0.2) is 4.39 Å². The fourth-order valence-corrected chi connectivity index (χ4v) is 1.82. The zero-order valence-corrected chi connectivity index (χ0v) is 9.04. The smallest absolute Gasteiger partial charge is 0.146 e. The molecule has 3 heteroatoms. The van der Waals surface area contributed by atoms with Gasteiger partial charge in [0.15, 0.2) is 0 Å². The molecule has 1 aromatic carbocycles. The average molecular weight is 208 g/mol. The maximum Gasteiger partial charge on any atom is 0.146 e. The Bertz CT molecular complexity index is 347. The SMILES string of the molecule is CN(Cc1cccc(F)c1N)CC1CC1. The van der Waals surface area contributed by atoms with Crippen LogP contribution in [0, 0.1) is 11.7 Å².